The smallest absolute Gasteiger partial charge is 0.257 e. The van der Waals surface area contributed by atoms with E-state index in [1.165, 1.54) is 24.6 Å². The van der Waals surface area contributed by atoms with Crippen molar-refractivity contribution in [2.24, 2.45) is 5.92 Å². The minimum atomic E-state index is 0.0711. The van der Waals surface area contributed by atoms with E-state index in [-0.39, 0.29) is 5.91 Å². The van der Waals surface area contributed by atoms with Gasteiger partial charge < -0.3 is 9.73 Å². The molecule has 1 saturated carbocycles. The lowest BCUT2D eigenvalue weighted by Crippen LogP contribution is -2.38. The number of amides is 1. The number of hydrogen-bond donors (Lipinski definition) is 1. The van der Waals surface area contributed by atoms with Gasteiger partial charge in [-0.3, -0.25) is 4.79 Å². The summed E-state index contributed by atoms with van der Waals surface area (Å²) in [4.78, 5) is 16.3. The maximum atomic E-state index is 12.0. The molecule has 4 nitrogen and oxygen atoms in total. The SMILES string of the molecule is CC1CCC(NC(=O)CSc2nc3ccccc3o2)CC1. The summed E-state index contributed by atoms with van der Waals surface area (Å²) in [7, 11) is 0. The molecule has 0 spiro atoms. The number of para-hydroxylation sites is 2. The van der Waals surface area contributed by atoms with E-state index in [1.54, 1.807) is 0 Å². The van der Waals surface area contributed by atoms with Crippen LogP contribution in [-0.4, -0.2) is 22.7 Å². The molecule has 0 unspecified atom stereocenters. The Kier molecular flexibility index (Phi) is 4.48. The Bertz CT molecular complexity index is 585. The largest absolute Gasteiger partial charge is 0.431 e. The molecule has 0 bridgehead atoms. The topological polar surface area (TPSA) is 55.1 Å². The summed E-state index contributed by atoms with van der Waals surface area (Å²) >= 11 is 1.35. The van der Waals surface area contributed by atoms with Crippen LogP contribution in [0.2, 0.25) is 0 Å². The average molecular weight is 304 g/mol. The van der Waals surface area contributed by atoms with Gasteiger partial charge in [-0.1, -0.05) is 30.8 Å². The van der Waals surface area contributed by atoms with Gasteiger partial charge in [0.1, 0.15) is 5.52 Å². The van der Waals surface area contributed by atoms with Crippen molar-refractivity contribution in [2.45, 2.75) is 43.9 Å². The second-order valence-corrected chi connectivity index (χ2v) is 6.69. The van der Waals surface area contributed by atoms with Gasteiger partial charge >= 0.3 is 0 Å². The van der Waals surface area contributed by atoms with Gasteiger partial charge in [0.25, 0.3) is 5.22 Å². The van der Waals surface area contributed by atoms with Crippen LogP contribution in [0.5, 0.6) is 0 Å². The van der Waals surface area contributed by atoms with E-state index >= 15 is 0 Å². The number of hydrogen-bond acceptors (Lipinski definition) is 4. The highest BCUT2D eigenvalue weighted by molar-refractivity contribution is 7.99. The molecule has 0 aliphatic heterocycles. The molecule has 0 atom stereocenters. The van der Waals surface area contributed by atoms with Crippen molar-refractivity contribution in [3.8, 4) is 0 Å². The highest BCUT2D eigenvalue weighted by atomic mass is 32.2. The Balaban J connectivity index is 1.49. The Morgan fingerprint density at radius 2 is 2.10 bits per heavy atom. The molecular formula is C16H20N2O2S. The third-order valence-electron chi connectivity index (χ3n) is 3.98. The van der Waals surface area contributed by atoms with Crippen LogP contribution in [0.15, 0.2) is 33.9 Å². The highest BCUT2D eigenvalue weighted by Crippen LogP contribution is 2.25. The second kappa shape index (κ2) is 6.52. The third kappa shape index (κ3) is 3.79. The lowest BCUT2D eigenvalue weighted by molar-refractivity contribution is -0.119. The van der Waals surface area contributed by atoms with Crippen molar-refractivity contribution >= 4 is 28.8 Å². The Hall–Kier alpha value is -1.49. The Labute approximate surface area is 128 Å². The Morgan fingerprint density at radius 3 is 2.86 bits per heavy atom. The summed E-state index contributed by atoms with van der Waals surface area (Å²) in [5.74, 6) is 1.23. The molecule has 1 N–H and O–H groups in total. The number of carbonyl (C=O) groups excluding carboxylic acids is 1. The van der Waals surface area contributed by atoms with E-state index < -0.39 is 0 Å². The average Bonchev–Trinajstić information content (AvgIpc) is 2.90. The van der Waals surface area contributed by atoms with Crippen LogP contribution < -0.4 is 5.32 Å². The second-order valence-electron chi connectivity index (χ2n) is 5.76. The van der Waals surface area contributed by atoms with E-state index in [1.807, 2.05) is 24.3 Å². The van der Waals surface area contributed by atoms with E-state index in [4.69, 9.17) is 4.42 Å². The molecule has 1 fully saturated rings. The molecule has 1 aliphatic carbocycles. The van der Waals surface area contributed by atoms with Crippen molar-refractivity contribution in [1.82, 2.24) is 10.3 Å². The van der Waals surface area contributed by atoms with E-state index in [9.17, 15) is 4.79 Å². The number of nitrogens with zero attached hydrogens (tertiary/aromatic N) is 1. The summed E-state index contributed by atoms with van der Waals surface area (Å²) in [6.45, 7) is 2.28. The minimum absolute atomic E-state index is 0.0711. The fourth-order valence-electron chi connectivity index (χ4n) is 2.71. The number of benzene rings is 1. The lowest BCUT2D eigenvalue weighted by Gasteiger charge is -2.26. The summed E-state index contributed by atoms with van der Waals surface area (Å²) in [6.07, 6.45) is 4.62. The standard InChI is InChI=1S/C16H20N2O2S/c1-11-6-8-12(9-7-11)17-15(19)10-21-16-18-13-4-2-3-5-14(13)20-16/h2-5,11-12H,6-10H2,1H3,(H,17,19). The molecule has 2 aromatic rings. The van der Waals surface area contributed by atoms with Gasteiger partial charge in [0.2, 0.25) is 5.91 Å². The van der Waals surface area contributed by atoms with Crippen LogP contribution in [0.3, 0.4) is 0 Å². The first-order chi connectivity index (χ1) is 10.2. The molecule has 3 rings (SSSR count). The summed E-state index contributed by atoms with van der Waals surface area (Å²) < 4.78 is 5.59. The molecule has 1 heterocycles. The van der Waals surface area contributed by atoms with Crippen LogP contribution in [-0.2, 0) is 4.79 Å². The first-order valence-electron chi connectivity index (χ1n) is 7.48. The van der Waals surface area contributed by atoms with E-state index in [0.29, 0.717) is 17.0 Å². The summed E-state index contributed by atoms with van der Waals surface area (Å²) in [6, 6.07) is 7.98. The van der Waals surface area contributed by atoms with E-state index in [2.05, 4.69) is 17.2 Å². The fraction of sp³-hybridized carbons (Fsp3) is 0.500. The molecule has 0 saturated heterocycles. The van der Waals surface area contributed by atoms with Gasteiger partial charge in [0.15, 0.2) is 5.58 Å². The van der Waals surface area contributed by atoms with Gasteiger partial charge in [-0.2, -0.15) is 0 Å². The molecule has 112 valence electrons. The number of carbonyl (C=O) groups is 1. The van der Waals surface area contributed by atoms with Gasteiger partial charge in [-0.25, -0.2) is 4.98 Å². The molecule has 0 radical (unpaired) electrons. The van der Waals surface area contributed by atoms with Gasteiger partial charge in [0, 0.05) is 6.04 Å². The van der Waals surface area contributed by atoms with Crippen LogP contribution in [0.1, 0.15) is 32.6 Å². The van der Waals surface area contributed by atoms with Crippen LogP contribution in [0.4, 0.5) is 0 Å². The van der Waals surface area contributed by atoms with Crippen molar-refractivity contribution in [3.63, 3.8) is 0 Å². The zero-order valence-electron chi connectivity index (χ0n) is 12.2. The normalized spacial score (nSPS) is 22.3. The molecule has 5 heteroatoms. The van der Waals surface area contributed by atoms with E-state index in [0.717, 1.165) is 29.9 Å². The maximum absolute atomic E-state index is 12.0. The molecule has 1 aliphatic rings. The van der Waals surface area contributed by atoms with Crippen molar-refractivity contribution in [1.29, 1.82) is 0 Å². The molecular weight excluding hydrogens is 284 g/mol. The minimum Gasteiger partial charge on any atom is -0.431 e. The molecule has 1 amide bonds. The molecule has 1 aromatic carbocycles. The first-order valence-corrected chi connectivity index (χ1v) is 8.47. The van der Waals surface area contributed by atoms with Crippen LogP contribution >= 0.6 is 11.8 Å². The maximum Gasteiger partial charge on any atom is 0.257 e. The Morgan fingerprint density at radius 1 is 1.33 bits per heavy atom. The van der Waals surface area contributed by atoms with Crippen LogP contribution in [0.25, 0.3) is 11.1 Å². The monoisotopic (exact) mass is 304 g/mol. The zero-order chi connectivity index (χ0) is 14.7. The zero-order valence-corrected chi connectivity index (χ0v) is 13.0. The summed E-state index contributed by atoms with van der Waals surface area (Å²) in [5, 5.41) is 3.67. The van der Waals surface area contributed by atoms with Gasteiger partial charge in [0.05, 0.1) is 5.75 Å². The fourth-order valence-corrected chi connectivity index (χ4v) is 3.36. The lowest BCUT2D eigenvalue weighted by atomic mass is 9.87. The predicted octanol–water partition coefficient (Wildman–Crippen LogP) is 3.61. The number of aromatic nitrogens is 1. The quantitative estimate of drug-likeness (QED) is 0.877. The number of fused-ring (bicyclic) bond motifs is 1. The first kappa shape index (κ1) is 14.4. The molecule has 21 heavy (non-hydrogen) atoms. The summed E-state index contributed by atoms with van der Waals surface area (Å²) in [5.41, 5.74) is 1.60. The predicted molar refractivity (Wildman–Crippen MR) is 84.3 cm³/mol. The highest BCUT2D eigenvalue weighted by Gasteiger charge is 2.20. The number of rotatable bonds is 4. The van der Waals surface area contributed by atoms with Crippen molar-refractivity contribution < 1.29 is 9.21 Å². The van der Waals surface area contributed by atoms with Gasteiger partial charge in [-0.15, -0.1) is 0 Å². The van der Waals surface area contributed by atoms with Crippen LogP contribution in [0, 0.1) is 5.92 Å². The third-order valence-corrected chi connectivity index (χ3v) is 4.81. The van der Waals surface area contributed by atoms with Gasteiger partial charge in [-0.05, 0) is 43.7 Å². The van der Waals surface area contributed by atoms with Crippen molar-refractivity contribution in [2.75, 3.05) is 5.75 Å². The number of nitrogens with one attached hydrogen (secondary N) is 1. The number of oxazole rings is 1. The van der Waals surface area contributed by atoms with Crippen molar-refractivity contribution in [3.05, 3.63) is 24.3 Å². The number of thioether (sulfide) groups is 1. The molecule has 1 aromatic heterocycles.